The van der Waals surface area contributed by atoms with Crippen molar-refractivity contribution in [2.75, 3.05) is 28.6 Å². The Morgan fingerprint density at radius 3 is 2.06 bits per heavy atom. The second-order valence-electron chi connectivity index (χ2n) is 7.47. The Labute approximate surface area is 187 Å². The van der Waals surface area contributed by atoms with Gasteiger partial charge in [-0.05, 0) is 74.9 Å². The van der Waals surface area contributed by atoms with E-state index in [2.05, 4.69) is 29.4 Å². The van der Waals surface area contributed by atoms with Crippen LogP contribution in [0.2, 0.25) is 0 Å². The first kappa shape index (κ1) is 22.8. The molecule has 7 nitrogen and oxygen atoms in total. The number of carbonyl (C=O) groups is 2. The van der Waals surface area contributed by atoms with Crippen LogP contribution in [0.1, 0.15) is 29.8 Å². The molecule has 0 saturated heterocycles. The fourth-order valence-electron chi connectivity index (χ4n) is 3.38. The third-order valence-corrected chi connectivity index (χ3v) is 5.13. The molecule has 0 radical (unpaired) electrons. The summed E-state index contributed by atoms with van der Waals surface area (Å²) >= 11 is 0. The van der Waals surface area contributed by atoms with Crippen molar-refractivity contribution in [3.05, 3.63) is 88.3 Å². The van der Waals surface area contributed by atoms with Crippen molar-refractivity contribution >= 4 is 28.9 Å². The van der Waals surface area contributed by atoms with E-state index < -0.39 is 0 Å². The molecule has 1 heterocycles. The number of benzene rings is 2. The number of rotatable bonds is 8. The van der Waals surface area contributed by atoms with Gasteiger partial charge < -0.3 is 20.1 Å². The molecule has 0 aliphatic carbocycles. The molecule has 0 unspecified atom stereocenters. The molecule has 2 N–H and O–H groups in total. The van der Waals surface area contributed by atoms with Crippen molar-refractivity contribution in [2.24, 2.45) is 0 Å². The van der Waals surface area contributed by atoms with E-state index in [1.807, 2.05) is 31.2 Å². The highest BCUT2D eigenvalue weighted by atomic mass is 16.2. The first-order chi connectivity index (χ1) is 15.4. The van der Waals surface area contributed by atoms with E-state index in [1.54, 1.807) is 36.5 Å². The summed E-state index contributed by atoms with van der Waals surface area (Å²) in [7, 11) is 0. The number of carbonyl (C=O) groups excluding carboxylic acids is 2. The molecule has 0 atom stereocenters. The third kappa shape index (κ3) is 5.85. The SMILES string of the molecule is CCN(CC)c1ccc(NC(=O)c2ccc(NC(=O)Cn3cc(C)ccc3=O)cc2)cc1. The van der Waals surface area contributed by atoms with Gasteiger partial charge in [-0.1, -0.05) is 6.07 Å². The van der Waals surface area contributed by atoms with Crippen LogP contribution in [0.25, 0.3) is 0 Å². The average Bonchev–Trinajstić information content (AvgIpc) is 2.78. The lowest BCUT2D eigenvalue weighted by molar-refractivity contribution is -0.116. The zero-order valence-corrected chi connectivity index (χ0v) is 18.6. The maximum atomic E-state index is 12.5. The molecule has 1 aromatic heterocycles. The van der Waals surface area contributed by atoms with Gasteiger partial charge in [0.25, 0.3) is 11.5 Å². The van der Waals surface area contributed by atoms with Gasteiger partial charge >= 0.3 is 0 Å². The van der Waals surface area contributed by atoms with Gasteiger partial charge in [0.1, 0.15) is 6.54 Å². The fourth-order valence-corrected chi connectivity index (χ4v) is 3.38. The Morgan fingerprint density at radius 1 is 0.844 bits per heavy atom. The monoisotopic (exact) mass is 432 g/mol. The zero-order valence-electron chi connectivity index (χ0n) is 18.6. The number of pyridine rings is 1. The van der Waals surface area contributed by atoms with Crippen LogP contribution in [-0.2, 0) is 11.3 Å². The third-order valence-electron chi connectivity index (χ3n) is 5.13. The van der Waals surface area contributed by atoms with E-state index in [0.29, 0.717) is 16.9 Å². The molecule has 0 bridgehead atoms. The minimum Gasteiger partial charge on any atom is -0.372 e. The molecule has 2 amide bonds. The molecule has 7 heteroatoms. The predicted octanol–water partition coefficient (Wildman–Crippen LogP) is 3.89. The Morgan fingerprint density at radius 2 is 1.44 bits per heavy atom. The van der Waals surface area contributed by atoms with E-state index in [-0.39, 0.29) is 23.9 Å². The topological polar surface area (TPSA) is 83.4 Å². The molecule has 0 spiro atoms. The summed E-state index contributed by atoms with van der Waals surface area (Å²) in [5, 5.41) is 5.63. The number of hydrogen-bond donors (Lipinski definition) is 2. The lowest BCUT2D eigenvalue weighted by Crippen LogP contribution is -2.26. The van der Waals surface area contributed by atoms with Gasteiger partial charge in [0.15, 0.2) is 0 Å². The normalized spacial score (nSPS) is 10.5. The lowest BCUT2D eigenvalue weighted by atomic mass is 10.2. The highest BCUT2D eigenvalue weighted by Crippen LogP contribution is 2.19. The van der Waals surface area contributed by atoms with Crippen molar-refractivity contribution in [3.63, 3.8) is 0 Å². The summed E-state index contributed by atoms with van der Waals surface area (Å²) in [6, 6.07) is 17.5. The average molecular weight is 433 g/mol. The smallest absolute Gasteiger partial charge is 0.255 e. The Hall–Kier alpha value is -3.87. The van der Waals surface area contributed by atoms with Crippen molar-refractivity contribution in [1.82, 2.24) is 4.57 Å². The number of hydrogen-bond acceptors (Lipinski definition) is 4. The number of amides is 2. The van der Waals surface area contributed by atoms with Gasteiger partial charge in [-0.25, -0.2) is 0 Å². The summed E-state index contributed by atoms with van der Waals surface area (Å²) in [4.78, 5) is 38.9. The molecule has 0 fully saturated rings. The standard InChI is InChI=1S/C25H28N4O3/c1-4-28(5-2)22-13-11-21(12-14-22)27-25(32)19-7-9-20(10-8-19)26-23(30)17-29-16-18(3)6-15-24(29)31/h6-16H,4-5,17H2,1-3H3,(H,26,30)(H,27,32). The first-order valence-electron chi connectivity index (χ1n) is 10.6. The fraction of sp³-hybridized carbons (Fsp3) is 0.240. The Kier molecular flexibility index (Phi) is 7.44. The van der Waals surface area contributed by atoms with E-state index in [1.165, 1.54) is 10.6 Å². The summed E-state index contributed by atoms with van der Waals surface area (Å²) in [6.45, 7) is 7.84. The van der Waals surface area contributed by atoms with E-state index in [0.717, 1.165) is 24.3 Å². The van der Waals surface area contributed by atoms with E-state index in [9.17, 15) is 14.4 Å². The number of aryl methyl sites for hydroxylation is 1. The molecular formula is C25H28N4O3. The number of nitrogens with one attached hydrogen (secondary N) is 2. The highest BCUT2D eigenvalue weighted by Gasteiger charge is 2.09. The van der Waals surface area contributed by atoms with Gasteiger partial charge in [0.05, 0.1) is 0 Å². The maximum absolute atomic E-state index is 12.5. The Bertz CT molecular complexity index is 1130. The second kappa shape index (κ2) is 10.4. The van der Waals surface area contributed by atoms with Crippen molar-refractivity contribution < 1.29 is 9.59 Å². The Balaban J connectivity index is 1.58. The summed E-state index contributed by atoms with van der Waals surface area (Å²) in [6.07, 6.45) is 1.64. The van der Waals surface area contributed by atoms with E-state index >= 15 is 0 Å². The van der Waals surface area contributed by atoms with Crippen LogP contribution < -0.4 is 21.1 Å². The van der Waals surface area contributed by atoms with Crippen molar-refractivity contribution in [3.8, 4) is 0 Å². The quantitative estimate of drug-likeness (QED) is 0.566. The van der Waals surface area contributed by atoms with E-state index in [4.69, 9.17) is 0 Å². The predicted molar refractivity (Wildman–Crippen MR) is 128 cm³/mol. The largest absolute Gasteiger partial charge is 0.372 e. The molecular weight excluding hydrogens is 404 g/mol. The van der Waals surface area contributed by atoms with Crippen molar-refractivity contribution in [2.45, 2.75) is 27.3 Å². The van der Waals surface area contributed by atoms with Gasteiger partial charge in [0.2, 0.25) is 5.91 Å². The van der Waals surface area contributed by atoms with Crippen molar-refractivity contribution in [1.29, 1.82) is 0 Å². The number of aromatic nitrogens is 1. The number of nitrogens with zero attached hydrogens (tertiary/aromatic N) is 2. The number of anilines is 3. The molecule has 0 aliphatic heterocycles. The minimum atomic E-state index is -0.316. The van der Waals surface area contributed by atoms with Gasteiger partial charge in [-0.3, -0.25) is 14.4 Å². The van der Waals surface area contributed by atoms with Crippen LogP contribution in [0.3, 0.4) is 0 Å². The second-order valence-corrected chi connectivity index (χ2v) is 7.47. The molecule has 0 saturated carbocycles. The summed E-state index contributed by atoms with van der Waals surface area (Å²) in [5.74, 6) is -0.548. The van der Waals surface area contributed by atoms with Crippen LogP contribution in [0.15, 0.2) is 71.7 Å². The molecule has 0 aliphatic rings. The molecule has 2 aromatic carbocycles. The summed E-state index contributed by atoms with van der Waals surface area (Å²) in [5.41, 5.74) is 3.52. The zero-order chi connectivity index (χ0) is 23.1. The van der Waals surface area contributed by atoms with Gasteiger partial charge in [-0.2, -0.15) is 0 Å². The van der Waals surface area contributed by atoms with Crippen LogP contribution in [0.5, 0.6) is 0 Å². The maximum Gasteiger partial charge on any atom is 0.255 e. The van der Waals surface area contributed by atoms with Crippen LogP contribution in [0.4, 0.5) is 17.1 Å². The first-order valence-corrected chi connectivity index (χ1v) is 10.6. The highest BCUT2D eigenvalue weighted by molar-refractivity contribution is 6.04. The molecule has 166 valence electrons. The minimum absolute atomic E-state index is 0.0771. The van der Waals surface area contributed by atoms with Gasteiger partial charge in [-0.15, -0.1) is 0 Å². The molecule has 32 heavy (non-hydrogen) atoms. The van der Waals surface area contributed by atoms with Gasteiger partial charge in [0, 0.05) is 48.0 Å². The van der Waals surface area contributed by atoms with Crippen LogP contribution >= 0.6 is 0 Å². The lowest BCUT2D eigenvalue weighted by Gasteiger charge is -2.21. The van der Waals surface area contributed by atoms with Crippen LogP contribution in [-0.4, -0.2) is 29.5 Å². The summed E-state index contributed by atoms with van der Waals surface area (Å²) < 4.78 is 1.36. The molecule has 3 rings (SSSR count). The van der Waals surface area contributed by atoms with Crippen LogP contribution in [0, 0.1) is 6.92 Å². The molecule has 3 aromatic rings.